The topological polar surface area (TPSA) is 77.8 Å². The number of anilines is 2. The lowest BCUT2D eigenvalue weighted by molar-refractivity contribution is -0.140. The number of nitrogens with two attached hydrogens (primary N) is 2. The first-order valence-corrected chi connectivity index (χ1v) is 5.91. The van der Waals surface area contributed by atoms with E-state index >= 15 is 0 Å². The summed E-state index contributed by atoms with van der Waals surface area (Å²) in [5.74, 6) is -0.218. The van der Waals surface area contributed by atoms with Crippen LogP contribution in [-0.4, -0.2) is 9.97 Å². The predicted octanol–water partition coefficient (Wildman–Crippen LogP) is 2.81. The van der Waals surface area contributed by atoms with Crippen molar-refractivity contribution >= 4 is 23.4 Å². The second-order valence-electron chi connectivity index (χ2n) is 3.58. The lowest BCUT2D eigenvalue weighted by Crippen LogP contribution is -2.10. The van der Waals surface area contributed by atoms with Crippen LogP contribution in [0.1, 0.15) is 5.56 Å². The Balaban J connectivity index is 2.45. The van der Waals surface area contributed by atoms with Gasteiger partial charge in [0.05, 0.1) is 0 Å². The van der Waals surface area contributed by atoms with Gasteiger partial charge >= 0.3 is 6.18 Å². The van der Waals surface area contributed by atoms with E-state index in [0.717, 1.165) is 11.8 Å². The maximum absolute atomic E-state index is 12.8. The summed E-state index contributed by atoms with van der Waals surface area (Å²) in [6, 6.07) is 6.58. The van der Waals surface area contributed by atoms with Gasteiger partial charge in [-0.15, -0.1) is 0 Å². The van der Waals surface area contributed by atoms with Crippen LogP contribution < -0.4 is 11.5 Å². The minimum absolute atomic E-state index is 0.218. The number of hydrogen-bond acceptors (Lipinski definition) is 5. The van der Waals surface area contributed by atoms with Gasteiger partial charge in [-0.1, -0.05) is 23.9 Å². The van der Waals surface area contributed by atoms with Crippen molar-refractivity contribution in [2.45, 2.75) is 16.1 Å². The summed E-state index contributed by atoms with van der Waals surface area (Å²) >= 11 is 0.806. The number of hydrogen-bond donors (Lipinski definition) is 2. The molecule has 1 heterocycles. The second kappa shape index (κ2) is 4.96. The van der Waals surface area contributed by atoms with Gasteiger partial charge in [0.1, 0.15) is 10.6 Å². The molecule has 2 aromatic rings. The molecule has 0 saturated heterocycles. The first-order chi connectivity index (χ1) is 8.88. The zero-order valence-electron chi connectivity index (χ0n) is 9.48. The Morgan fingerprint density at radius 3 is 2.42 bits per heavy atom. The molecule has 0 saturated carbocycles. The van der Waals surface area contributed by atoms with Crippen LogP contribution in [0, 0.1) is 0 Å². The highest BCUT2D eigenvalue weighted by Gasteiger charge is 2.35. The van der Waals surface area contributed by atoms with E-state index in [1.165, 1.54) is 0 Å². The normalized spacial score (nSPS) is 11.5. The van der Waals surface area contributed by atoms with Crippen LogP contribution in [0.15, 0.2) is 40.4 Å². The molecule has 0 spiro atoms. The van der Waals surface area contributed by atoms with E-state index in [1.807, 2.05) is 0 Å². The van der Waals surface area contributed by atoms with Crippen molar-refractivity contribution in [3.8, 4) is 0 Å². The number of rotatable bonds is 2. The van der Waals surface area contributed by atoms with Gasteiger partial charge in [-0.05, 0) is 12.1 Å². The van der Waals surface area contributed by atoms with Crippen molar-refractivity contribution in [3.63, 3.8) is 0 Å². The third kappa shape index (κ3) is 3.08. The van der Waals surface area contributed by atoms with Gasteiger partial charge in [-0.25, -0.2) is 9.97 Å². The zero-order chi connectivity index (χ0) is 14.0. The summed E-state index contributed by atoms with van der Waals surface area (Å²) in [6.45, 7) is 0. The number of para-hydroxylation sites is 1. The van der Waals surface area contributed by atoms with Crippen molar-refractivity contribution in [2.24, 2.45) is 0 Å². The third-order valence-corrected chi connectivity index (χ3v) is 3.30. The van der Waals surface area contributed by atoms with Crippen molar-refractivity contribution in [1.29, 1.82) is 0 Å². The Morgan fingerprint density at radius 2 is 1.79 bits per heavy atom. The van der Waals surface area contributed by atoms with Crippen LogP contribution >= 0.6 is 11.8 Å². The van der Waals surface area contributed by atoms with Gasteiger partial charge in [0, 0.05) is 16.8 Å². The van der Waals surface area contributed by atoms with Gasteiger partial charge < -0.3 is 11.5 Å². The number of nitrogen functional groups attached to an aromatic ring is 2. The average molecular weight is 286 g/mol. The van der Waals surface area contributed by atoms with E-state index in [4.69, 9.17) is 11.5 Å². The molecule has 0 fully saturated rings. The van der Waals surface area contributed by atoms with E-state index in [0.29, 0.717) is 16.8 Å². The highest BCUT2D eigenvalue weighted by atomic mass is 32.2. The second-order valence-corrected chi connectivity index (χ2v) is 4.62. The largest absolute Gasteiger partial charge is 0.420 e. The number of alkyl halides is 3. The van der Waals surface area contributed by atoms with Crippen molar-refractivity contribution < 1.29 is 13.2 Å². The molecule has 8 heteroatoms. The van der Waals surface area contributed by atoms with Crippen molar-refractivity contribution in [2.75, 3.05) is 11.5 Å². The minimum Gasteiger partial charge on any atom is -0.398 e. The number of aromatic nitrogens is 2. The van der Waals surface area contributed by atoms with Crippen LogP contribution in [0.3, 0.4) is 0 Å². The highest BCUT2D eigenvalue weighted by molar-refractivity contribution is 7.99. The molecule has 0 atom stereocenters. The fourth-order valence-corrected chi connectivity index (χ4v) is 2.29. The lowest BCUT2D eigenvalue weighted by atomic mass is 10.3. The molecule has 0 aliphatic heterocycles. The minimum atomic E-state index is -4.54. The fourth-order valence-electron chi connectivity index (χ4n) is 1.33. The van der Waals surface area contributed by atoms with Gasteiger partial charge in [0.15, 0.2) is 0 Å². The molecule has 1 aromatic heterocycles. The molecule has 0 bridgehead atoms. The first-order valence-electron chi connectivity index (χ1n) is 5.10. The van der Waals surface area contributed by atoms with Gasteiger partial charge in [0.25, 0.3) is 0 Å². The molecule has 4 N–H and O–H groups in total. The van der Waals surface area contributed by atoms with Crippen molar-refractivity contribution in [1.82, 2.24) is 9.97 Å². The quantitative estimate of drug-likeness (QED) is 0.655. The van der Waals surface area contributed by atoms with E-state index < -0.39 is 11.7 Å². The van der Waals surface area contributed by atoms with E-state index in [-0.39, 0.29) is 11.0 Å². The Labute approximate surface area is 111 Å². The van der Waals surface area contributed by atoms with E-state index in [2.05, 4.69) is 9.97 Å². The third-order valence-electron chi connectivity index (χ3n) is 2.20. The van der Waals surface area contributed by atoms with E-state index in [1.54, 1.807) is 24.3 Å². The molecule has 0 radical (unpaired) electrons. The average Bonchev–Trinajstić information content (AvgIpc) is 2.30. The van der Waals surface area contributed by atoms with E-state index in [9.17, 15) is 13.2 Å². The molecule has 0 unspecified atom stereocenters. The first kappa shape index (κ1) is 13.5. The van der Waals surface area contributed by atoms with Crippen LogP contribution in [-0.2, 0) is 6.18 Å². The Morgan fingerprint density at radius 1 is 1.11 bits per heavy atom. The standard InChI is InChI=1S/C11H9F3N4S/c12-11(13,14)6-5-17-10(16)18-9(6)19-8-4-2-1-3-7(8)15/h1-5H,15H2,(H2,16,17,18). The van der Waals surface area contributed by atoms with Gasteiger partial charge in [0.2, 0.25) is 5.95 Å². The highest BCUT2D eigenvalue weighted by Crippen LogP contribution is 2.39. The summed E-state index contributed by atoms with van der Waals surface area (Å²) in [5.41, 5.74) is 10.5. The van der Waals surface area contributed by atoms with Gasteiger partial charge in [-0.3, -0.25) is 0 Å². The van der Waals surface area contributed by atoms with Crippen LogP contribution in [0.25, 0.3) is 0 Å². The molecule has 19 heavy (non-hydrogen) atoms. The molecule has 100 valence electrons. The Bertz CT molecular complexity index is 601. The summed E-state index contributed by atoms with van der Waals surface area (Å²) < 4.78 is 38.5. The van der Waals surface area contributed by atoms with Crippen LogP contribution in [0.5, 0.6) is 0 Å². The molecular formula is C11H9F3N4S. The molecule has 0 amide bonds. The molecule has 0 aliphatic carbocycles. The molecule has 1 aromatic carbocycles. The van der Waals surface area contributed by atoms with Crippen LogP contribution in [0.2, 0.25) is 0 Å². The summed E-state index contributed by atoms with van der Waals surface area (Å²) in [6.07, 6.45) is -3.87. The monoisotopic (exact) mass is 286 g/mol. The van der Waals surface area contributed by atoms with Crippen LogP contribution in [0.4, 0.5) is 24.8 Å². The van der Waals surface area contributed by atoms with Crippen molar-refractivity contribution in [3.05, 3.63) is 36.0 Å². The molecule has 0 aliphatic rings. The lowest BCUT2D eigenvalue weighted by Gasteiger charge is -2.12. The molecule has 2 rings (SSSR count). The number of halogens is 3. The predicted molar refractivity (Wildman–Crippen MR) is 66.4 cm³/mol. The molecule has 4 nitrogen and oxygen atoms in total. The number of benzene rings is 1. The maximum Gasteiger partial charge on any atom is 0.420 e. The zero-order valence-corrected chi connectivity index (χ0v) is 10.3. The molecular weight excluding hydrogens is 277 g/mol. The smallest absolute Gasteiger partial charge is 0.398 e. The summed E-state index contributed by atoms with van der Waals surface area (Å²) in [5, 5.41) is -0.266. The SMILES string of the molecule is Nc1ncc(C(F)(F)F)c(Sc2ccccc2N)n1. The Kier molecular flexibility index (Phi) is 3.52. The summed E-state index contributed by atoms with van der Waals surface area (Å²) in [7, 11) is 0. The maximum atomic E-state index is 12.8. The number of nitrogens with zero attached hydrogens (tertiary/aromatic N) is 2. The summed E-state index contributed by atoms with van der Waals surface area (Å²) in [4.78, 5) is 7.48. The fraction of sp³-hybridized carbons (Fsp3) is 0.0909. The Hall–Kier alpha value is -1.96. The van der Waals surface area contributed by atoms with Gasteiger partial charge in [-0.2, -0.15) is 13.2 Å².